The van der Waals surface area contributed by atoms with E-state index < -0.39 is 0 Å². The molecule has 0 fully saturated rings. The molecule has 22 heavy (non-hydrogen) atoms. The second-order valence-electron chi connectivity index (χ2n) is 4.62. The highest BCUT2D eigenvalue weighted by Gasteiger charge is 2.02. The average Bonchev–Trinajstić information content (AvgIpc) is 2.93. The molecule has 1 aromatic heterocycles. The maximum Gasteiger partial charge on any atom is 0.219 e. The van der Waals surface area contributed by atoms with Crippen molar-refractivity contribution >= 4 is 45.7 Å². The average molecular weight is 311 g/mol. The van der Waals surface area contributed by atoms with Gasteiger partial charge in [0, 0.05) is 11.8 Å². The minimum atomic E-state index is -0.279. The van der Waals surface area contributed by atoms with Crippen molar-refractivity contribution in [1.82, 2.24) is 4.98 Å². The largest absolute Gasteiger partial charge is 0.377 e. The van der Waals surface area contributed by atoms with Crippen LogP contribution in [0.2, 0.25) is 0 Å². The zero-order chi connectivity index (χ0) is 15.4. The Kier molecular flexibility index (Phi) is 4.25. The van der Waals surface area contributed by atoms with Crippen LogP contribution < -0.4 is 5.32 Å². The van der Waals surface area contributed by atoms with E-state index in [1.54, 1.807) is 12.4 Å². The highest BCUT2D eigenvalue weighted by Crippen LogP contribution is 2.24. The van der Waals surface area contributed by atoms with E-state index in [2.05, 4.69) is 10.3 Å². The van der Waals surface area contributed by atoms with Crippen LogP contribution in [0.5, 0.6) is 0 Å². The summed E-state index contributed by atoms with van der Waals surface area (Å²) in [5, 5.41) is 3.77. The molecular formula is C17H12FN2OS. The lowest BCUT2D eigenvalue weighted by molar-refractivity contribution is 0.557. The van der Waals surface area contributed by atoms with Gasteiger partial charge in [-0.25, -0.2) is 9.37 Å². The Morgan fingerprint density at radius 2 is 2.14 bits per heavy atom. The number of fused-ring (bicyclic) bond motifs is 1. The van der Waals surface area contributed by atoms with Crippen LogP contribution in [0.25, 0.3) is 22.4 Å². The van der Waals surface area contributed by atoms with E-state index >= 15 is 0 Å². The van der Waals surface area contributed by atoms with E-state index in [-0.39, 0.29) is 12.4 Å². The van der Waals surface area contributed by atoms with Gasteiger partial charge in [0.25, 0.3) is 0 Å². The third-order valence-electron chi connectivity index (χ3n) is 3.04. The molecule has 3 aromatic rings. The molecule has 0 amide bonds. The third kappa shape index (κ3) is 3.38. The van der Waals surface area contributed by atoms with Crippen molar-refractivity contribution in [3.05, 3.63) is 58.9 Å². The lowest BCUT2D eigenvalue weighted by Crippen LogP contribution is -2.01. The molecule has 0 atom stereocenters. The van der Waals surface area contributed by atoms with Crippen LogP contribution in [0.4, 0.5) is 10.1 Å². The molecule has 0 saturated heterocycles. The molecule has 0 saturated carbocycles. The lowest BCUT2D eigenvalue weighted by Gasteiger charge is -2.02. The molecule has 0 spiro atoms. The Bertz CT molecular complexity index is 842. The van der Waals surface area contributed by atoms with E-state index in [4.69, 9.17) is 0 Å². The first-order valence-corrected chi connectivity index (χ1v) is 7.49. The number of aromatic nitrogens is 1. The highest BCUT2D eigenvalue weighted by molar-refractivity contribution is 7.19. The molecule has 3 rings (SSSR count). The SMILES string of the molecule is O=[C]CNc1cccc(/C=C/c2nc3cc(F)ccc3s2)c1. The molecule has 2 aromatic carbocycles. The number of rotatable bonds is 5. The lowest BCUT2D eigenvalue weighted by atomic mass is 10.2. The fraction of sp³-hybridized carbons (Fsp3) is 0.0588. The number of carbonyl (C=O) groups excluding carboxylic acids is 1. The van der Waals surface area contributed by atoms with Crippen molar-refractivity contribution in [2.24, 2.45) is 0 Å². The van der Waals surface area contributed by atoms with Crippen molar-refractivity contribution in [2.75, 3.05) is 11.9 Å². The molecule has 0 aliphatic rings. The summed E-state index contributed by atoms with van der Waals surface area (Å²) in [6.07, 6.45) is 5.63. The Morgan fingerprint density at radius 3 is 3.00 bits per heavy atom. The summed E-state index contributed by atoms with van der Waals surface area (Å²) in [6.45, 7) is 0.163. The second kappa shape index (κ2) is 6.49. The molecule has 1 radical (unpaired) electrons. The first-order chi connectivity index (χ1) is 10.7. The van der Waals surface area contributed by atoms with Crippen LogP contribution in [0, 0.1) is 5.82 Å². The smallest absolute Gasteiger partial charge is 0.219 e. The maximum absolute atomic E-state index is 13.2. The third-order valence-corrected chi connectivity index (χ3v) is 4.04. The van der Waals surface area contributed by atoms with Crippen LogP contribution in [-0.4, -0.2) is 17.8 Å². The predicted octanol–water partition coefficient (Wildman–Crippen LogP) is 4.13. The predicted molar refractivity (Wildman–Crippen MR) is 89.1 cm³/mol. The van der Waals surface area contributed by atoms with Crippen LogP contribution in [-0.2, 0) is 4.79 Å². The zero-order valence-corrected chi connectivity index (χ0v) is 12.4. The monoisotopic (exact) mass is 311 g/mol. The summed E-state index contributed by atoms with van der Waals surface area (Å²) >= 11 is 1.51. The van der Waals surface area contributed by atoms with E-state index in [0.717, 1.165) is 21.0 Å². The molecule has 1 N–H and O–H groups in total. The zero-order valence-electron chi connectivity index (χ0n) is 11.5. The Hall–Kier alpha value is -2.53. The number of benzene rings is 2. The van der Waals surface area contributed by atoms with E-state index in [1.807, 2.05) is 36.4 Å². The fourth-order valence-corrected chi connectivity index (χ4v) is 2.90. The van der Waals surface area contributed by atoms with Crippen molar-refractivity contribution in [3.63, 3.8) is 0 Å². The second-order valence-corrected chi connectivity index (χ2v) is 5.68. The number of hydrogen-bond acceptors (Lipinski definition) is 4. The molecule has 3 nitrogen and oxygen atoms in total. The van der Waals surface area contributed by atoms with Crippen LogP contribution in [0.3, 0.4) is 0 Å². The van der Waals surface area contributed by atoms with Gasteiger partial charge in [-0.2, -0.15) is 0 Å². The standard InChI is InChI=1S/C17H12FN2OS/c18-13-5-6-16-15(11-13)20-17(22-16)7-4-12-2-1-3-14(10-12)19-8-9-21/h1-7,10-11,19H,8H2/b7-4+. The van der Waals surface area contributed by atoms with Gasteiger partial charge in [-0.05, 0) is 35.9 Å². The Labute approximate surface area is 131 Å². The number of halogens is 1. The Morgan fingerprint density at radius 1 is 1.23 bits per heavy atom. The van der Waals surface area contributed by atoms with Gasteiger partial charge in [0.1, 0.15) is 10.8 Å². The van der Waals surface area contributed by atoms with Crippen molar-refractivity contribution < 1.29 is 9.18 Å². The first kappa shape index (κ1) is 14.4. The van der Waals surface area contributed by atoms with Crippen LogP contribution >= 0.6 is 11.3 Å². The molecular weight excluding hydrogens is 299 g/mol. The molecule has 109 valence electrons. The van der Waals surface area contributed by atoms with Crippen molar-refractivity contribution in [1.29, 1.82) is 0 Å². The highest BCUT2D eigenvalue weighted by atomic mass is 32.1. The Balaban J connectivity index is 1.81. The van der Waals surface area contributed by atoms with Crippen LogP contribution in [0.15, 0.2) is 42.5 Å². The number of thiazole rings is 1. The van der Waals surface area contributed by atoms with Gasteiger partial charge >= 0.3 is 0 Å². The maximum atomic E-state index is 13.2. The summed E-state index contributed by atoms with van der Waals surface area (Å²) in [5.74, 6) is -0.279. The minimum absolute atomic E-state index is 0.163. The van der Waals surface area contributed by atoms with Gasteiger partial charge in [0.2, 0.25) is 6.29 Å². The molecule has 0 aliphatic heterocycles. The molecule has 0 unspecified atom stereocenters. The minimum Gasteiger partial charge on any atom is -0.377 e. The number of hydrogen-bond donors (Lipinski definition) is 1. The van der Waals surface area contributed by atoms with Crippen molar-refractivity contribution in [2.45, 2.75) is 0 Å². The van der Waals surface area contributed by atoms with Gasteiger partial charge in [-0.1, -0.05) is 18.2 Å². The van der Waals surface area contributed by atoms with Gasteiger partial charge in [0.05, 0.1) is 16.8 Å². The quantitative estimate of drug-likeness (QED) is 0.770. The fourth-order valence-electron chi connectivity index (χ4n) is 2.05. The summed E-state index contributed by atoms with van der Waals surface area (Å²) < 4.78 is 14.1. The molecule has 0 bridgehead atoms. The normalized spacial score (nSPS) is 11.1. The van der Waals surface area contributed by atoms with Crippen molar-refractivity contribution in [3.8, 4) is 0 Å². The summed E-state index contributed by atoms with van der Waals surface area (Å²) in [4.78, 5) is 14.6. The van der Waals surface area contributed by atoms with E-state index in [1.165, 1.54) is 23.5 Å². The number of anilines is 1. The molecule has 5 heteroatoms. The van der Waals surface area contributed by atoms with E-state index in [9.17, 15) is 9.18 Å². The molecule has 1 heterocycles. The summed E-state index contributed by atoms with van der Waals surface area (Å²) in [5.41, 5.74) is 2.51. The van der Waals surface area contributed by atoms with Gasteiger partial charge < -0.3 is 5.32 Å². The number of nitrogens with zero attached hydrogens (tertiary/aromatic N) is 1. The number of nitrogens with one attached hydrogen (secondary N) is 1. The topological polar surface area (TPSA) is 42.0 Å². The van der Waals surface area contributed by atoms with Gasteiger partial charge in [-0.3, -0.25) is 4.79 Å². The van der Waals surface area contributed by atoms with E-state index in [0.29, 0.717) is 5.52 Å². The summed E-state index contributed by atoms with van der Waals surface area (Å²) in [7, 11) is 0. The van der Waals surface area contributed by atoms with Crippen LogP contribution in [0.1, 0.15) is 10.6 Å². The van der Waals surface area contributed by atoms with Gasteiger partial charge in [-0.15, -0.1) is 11.3 Å². The summed E-state index contributed by atoms with van der Waals surface area (Å²) in [6, 6.07) is 12.3. The molecule has 0 aliphatic carbocycles. The first-order valence-electron chi connectivity index (χ1n) is 6.68. The van der Waals surface area contributed by atoms with Gasteiger partial charge in [0.15, 0.2) is 0 Å².